The number of aliphatic hydroxyl groups is 1. The minimum atomic E-state index is -0.667. The Morgan fingerprint density at radius 2 is 2.19 bits per heavy atom. The molecule has 0 fully saturated rings. The Labute approximate surface area is 130 Å². The van der Waals surface area contributed by atoms with E-state index in [0.717, 1.165) is 12.1 Å². The summed E-state index contributed by atoms with van der Waals surface area (Å²) < 4.78 is 4.92. The van der Waals surface area contributed by atoms with E-state index in [1.165, 1.54) is 7.11 Å². The normalized spacial score (nSPS) is 12.0. The summed E-state index contributed by atoms with van der Waals surface area (Å²) in [5.74, 6) is -0.624. The predicted molar refractivity (Wildman–Crippen MR) is 77.9 cm³/mol. The second-order valence-corrected chi connectivity index (χ2v) is 4.97. The highest BCUT2D eigenvalue weighted by atomic mass is 35.5. The molecule has 1 rings (SSSR count). The second kappa shape index (κ2) is 8.14. The van der Waals surface area contributed by atoms with Crippen LogP contribution in [0.1, 0.15) is 16.8 Å². The van der Waals surface area contributed by atoms with Crippen molar-refractivity contribution in [1.29, 1.82) is 0 Å². The van der Waals surface area contributed by atoms with Crippen LogP contribution < -0.4 is 5.32 Å². The van der Waals surface area contributed by atoms with Crippen LogP contribution in [0.3, 0.4) is 0 Å². The number of ether oxygens (including phenoxy) is 1. The molecule has 7 nitrogen and oxygen atoms in total. The molecule has 1 atom stereocenters. The van der Waals surface area contributed by atoms with E-state index < -0.39 is 16.9 Å². The highest BCUT2D eigenvalue weighted by molar-refractivity contribution is 6.44. The topological polar surface area (TPSA) is 102 Å². The van der Waals surface area contributed by atoms with Crippen LogP contribution in [-0.4, -0.2) is 42.3 Å². The number of nitrogens with one attached hydrogen (secondary N) is 1. The molecule has 0 bridgehead atoms. The van der Waals surface area contributed by atoms with E-state index in [1.54, 1.807) is 0 Å². The number of benzene rings is 1. The number of methoxy groups -OCH3 is 1. The summed E-state index contributed by atoms with van der Waals surface area (Å²) >= 11 is 11.7. The number of hydrogen-bond acceptors (Lipinski definition) is 5. The zero-order valence-corrected chi connectivity index (χ0v) is 12.6. The first kappa shape index (κ1) is 17.6. The van der Waals surface area contributed by atoms with Gasteiger partial charge in [0.15, 0.2) is 0 Å². The highest BCUT2D eigenvalue weighted by Gasteiger charge is 2.21. The maximum atomic E-state index is 12.1. The zero-order valence-electron chi connectivity index (χ0n) is 11.1. The fourth-order valence-electron chi connectivity index (χ4n) is 1.66. The van der Waals surface area contributed by atoms with E-state index in [2.05, 4.69) is 5.32 Å². The van der Waals surface area contributed by atoms with Crippen molar-refractivity contribution in [2.75, 3.05) is 20.3 Å². The van der Waals surface area contributed by atoms with Crippen LogP contribution in [0, 0.1) is 10.1 Å². The van der Waals surface area contributed by atoms with Crippen LogP contribution in [0.2, 0.25) is 10.0 Å². The molecule has 9 heteroatoms. The lowest BCUT2D eigenvalue weighted by Crippen LogP contribution is -2.38. The molecule has 1 unspecified atom stereocenters. The number of hydrogen-bond donors (Lipinski definition) is 2. The van der Waals surface area contributed by atoms with Gasteiger partial charge >= 0.3 is 0 Å². The lowest BCUT2D eigenvalue weighted by atomic mass is 10.1. The monoisotopic (exact) mass is 336 g/mol. The summed E-state index contributed by atoms with van der Waals surface area (Å²) in [6.45, 7) is 0.0459. The molecule has 0 saturated carbocycles. The molecule has 1 aromatic rings. The fraction of sp³-hybridized carbons (Fsp3) is 0.417. The maximum Gasteiger partial charge on any atom is 0.271 e. The Morgan fingerprint density at radius 1 is 1.52 bits per heavy atom. The van der Waals surface area contributed by atoms with Gasteiger partial charge in [-0.05, 0) is 6.42 Å². The smallest absolute Gasteiger partial charge is 0.271 e. The molecule has 1 amide bonds. The third-order valence-electron chi connectivity index (χ3n) is 2.65. The van der Waals surface area contributed by atoms with Gasteiger partial charge in [0.25, 0.3) is 11.6 Å². The quantitative estimate of drug-likeness (QED) is 0.585. The lowest BCUT2D eigenvalue weighted by Gasteiger charge is -2.17. The number of carbonyl (C=O) groups is 1. The number of nitro groups is 1. The number of non-ortho nitro benzene ring substituents is 1. The minimum Gasteiger partial charge on any atom is -0.396 e. The van der Waals surface area contributed by atoms with Crippen molar-refractivity contribution in [3.63, 3.8) is 0 Å². The molecule has 21 heavy (non-hydrogen) atoms. The third-order valence-corrected chi connectivity index (χ3v) is 3.45. The van der Waals surface area contributed by atoms with Gasteiger partial charge in [-0.2, -0.15) is 0 Å². The van der Waals surface area contributed by atoms with Crippen LogP contribution in [0.15, 0.2) is 12.1 Å². The summed E-state index contributed by atoms with van der Waals surface area (Å²) in [6.07, 6.45) is 0.278. The maximum absolute atomic E-state index is 12.1. The van der Waals surface area contributed by atoms with Gasteiger partial charge in [-0.15, -0.1) is 0 Å². The van der Waals surface area contributed by atoms with E-state index in [4.69, 9.17) is 33.0 Å². The Morgan fingerprint density at radius 3 is 2.71 bits per heavy atom. The van der Waals surface area contributed by atoms with Gasteiger partial charge < -0.3 is 15.2 Å². The first-order chi connectivity index (χ1) is 9.90. The van der Waals surface area contributed by atoms with Crippen LogP contribution in [0.5, 0.6) is 0 Å². The molecule has 0 radical (unpaired) electrons. The fourth-order valence-corrected chi connectivity index (χ4v) is 2.07. The van der Waals surface area contributed by atoms with Crippen LogP contribution >= 0.6 is 23.2 Å². The summed E-state index contributed by atoms with van der Waals surface area (Å²) in [4.78, 5) is 22.3. The van der Waals surface area contributed by atoms with Crippen molar-refractivity contribution in [1.82, 2.24) is 5.32 Å². The summed E-state index contributed by atoms with van der Waals surface area (Å²) in [7, 11) is 1.45. The largest absolute Gasteiger partial charge is 0.396 e. The molecule has 2 N–H and O–H groups in total. The van der Waals surface area contributed by atoms with Crippen LogP contribution in [0.25, 0.3) is 0 Å². The standard InChI is InChI=1S/C12H14Cl2N2O5/c1-21-6-7(2-3-17)15-12(18)9-4-8(16(19)20)5-10(13)11(9)14/h4-5,7,17H,2-3,6H2,1H3,(H,15,18). The van der Waals surface area contributed by atoms with E-state index in [9.17, 15) is 14.9 Å². The molecular formula is C12H14Cl2N2O5. The second-order valence-electron chi connectivity index (χ2n) is 4.18. The average Bonchev–Trinajstić information content (AvgIpc) is 2.41. The molecule has 0 aliphatic rings. The van der Waals surface area contributed by atoms with Crippen molar-refractivity contribution in [3.8, 4) is 0 Å². The Balaban J connectivity index is 3.03. The van der Waals surface area contributed by atoms with Gasteiger partial charge in [-0.1, -0.05) is 23.2 Å². The lowest BCUT2D eigenvalue weighted by molar-refractivity contribution is -0.384. The van der Waals surface area contributed by atoms with E-state index >= 15 is 0 Å². The number of halogens is 2. The van der Waals surface area contributed by atoms with Gasteiger partial charge in [0, 0.05) is 25.8 Å². The molecular weight excluding hydrogens is 323 g/mol. The zero-order chi connectivity index (χ0) is 16.0. The van der Waals surface area contributed by atoms with E-state index in [0.29, 0.717) is 0 Å². The molecule has 0 aliphatic heterocycles. The molecule has 1 aromatic carbocycles. The van der Waals surface area contributed by atoms with Crippen molar-refractivity contribution in [3.05, 3.63) is 37.9 Å². The van der Waals surface area contributed by atoms with Gasteiger partial charge in [0.2, 0.25) is 0 Å². The molecule has 0 spiro atoms. The van der Waals surface area contributed by atoms with Crippen LogP contribution in [-0.2, 0) is 4.74 Å². The van der Waals surface area contributed by atoms with E-state index in [1.807, 2.05) is 0 Å². The molecule has 0 aliphatic carbocycles. The average molecular weight is 337 g/mol. The first-order valence-electron chi connectivity index (χ1n) is 5.94. The number of rotatable bonds is 7. The summed E-state index contributed by atoms with van der Waals surface area (Å²) in [5.41, 5.74) is -0.435. The Hall–Kier alpha value is -1.41. The SMILES string of the molecule is COCC(CCO)NC(=O)c1cc([N+](=O)[O-])cc(Cl)c1Cl. The van der Waals surface area contributed by atoms with Crippen LogP contribution in [0.4, 0.5) is 5.69 Å². The number of nitrogens with zero attached hydrogens (tertiary/aromatic N) is 1. The number of carbonyl (C=O) groups excluding carboxylic acids is 1. The number of nitro benzene ring substituents is 1. The van der Waals surface area contributed by atoms with Gasteiger partial charge in [-0.3, -0.25) is 14.9 Å². The Bertz CT molecular complexity index is 533. The highest BCUT2D eigenvalue weighted by Crippen LogP contribution is 2.30. The minimum absolute atomic E-state index is 0.0695. The first-order valence-corrected chi connectivity index (χ1v) is 6.70. The summed E-state index contributed by atoms with van der Waals surface area (Å²) in [5, 5.41) is 22.1. The molecule has 0 heterocycles. The molecule has 0 aromatic heterocycles. The Kier molecular flexibility index (Phi) is 6.83. The van der Waals surface area contributed by atoms with Crippen molar-refractivity contribution in [2.45, 2.75) is 12.5 Å². The van der Waals surface area contributed by atoms with Gasteiger partial charge in [-0.25, -0.2) is 0 Å². The van der Waals surface area contributed by atoms with Gasteiger partial charge in [0.05, 0.1) is 33.2 Å². The summed E-state index contributed by atoms with van der Waals surface area (Å²) in [6, 6.07) is 1.68. The molecule has 116 valence electrons. The van der Waals surface area contributed by atoms with E-state index in [-0.39, 0.29) is 40.9 Å². The molecule has 0 saturated heterocycles. The van der Waals surface area contributed by atoms with Crippen molar-refractivity contribution < 1.29 is 19.6 Å². The van der Waals surface area contributed by atoms with Crippen molar-refractivity contribution >= 4 is 34.8 Å². The predicted octanol–water partition coefficient (Wildman–Crippen LogP) is 2.03. The van der Waals surface area contributed by atoms with Crippen molar-refractivity contribution in [2.24, 2.45) is 0 Å². The third kappa shape index (κ3) is 4.82. The van der Waals surface area contributed by atoms with Gasteiger partial charge in [0.1, 0.15) is 0 Å². The number of amides is 1. The number of aliphatic hydroxyl groups excluding tert-OH is 1.